The van der Waals surface area contributed by atoms with E-state index < -0.39 is 0 Å². The first-order chi connectivity index (χ1) is 10.8. The Bertz CT molecular complexity index is 478. The highest BCUT2D eigenvalue weighted by Gasteiger charge is 2.22. The van der Waals surface area contributed by atoms with Gasteiger partial charge in [-0.3, -0.25) is 14.7 Å². The molecular weight excluding hydrogens is 383 g/mol. The molecule has 1 aromatic heterocycles. The predicted molar refractivity (Wildman–Crippen MR) is 108 cm³/mol. The lowest BCUT2D eigenvalue weighted by molar-refractivity contribution is -0.133. The quantitative estimate of drug-likeness (QED) is 0.809. The van der Waals surface area contributed by atoms with Gasteiger partial charge in [-0.1, -0.05) is 6.07 Å². The van der Waals surface area contributed by atoms with Crippen LogP contribution in [0, 0.1) is 0 Å². The van der Waals surface area contributed by atoms with Crippen molar-refractivity contribution in [3.8, 4) is 0 Å². The van der Waals surface area contributed by atoms with E-state index in [1.807, 2.05) is 23.2 Å². The van der Waals surface area contributed by atoms with Crippen LogP contribution in [-0.2, 0) is 11.3 Å². The molecule has 2 aliphatic heterocycles. The molecule has 0 aromatic carbocycles. The largest absolute Gasteiger partial charge is 0.340 e. The van der Waals surface area contributed by atoms with Crippen molar-refractivity contribution in [2.24, 2.45) is 0 Å². The zero-order valence-electron chi connectivity index (χ0n) is 14.4. The highest BCUT2D eigenvalue weighted by Crippen LogP contribution is 2.13. The van der Waals surface area contributed by atoms with Crippen LogP contribution in [0.15, 0.2) is 24.4 Å². The van der Waals surface area contributed by atoms with Gasteiger partial charge < -0.3 is 10.2 Å². The Kier molecular flexibility index (Phi) is 12.4. The van der Waals surface area contributed by atoms with Crippen LogP contribution < -0.4 is 5.32 Å². The van der Waals surface area contributed by atoms with Crippen LogP contribution in [0.3, 0.4) is 0 Å². The van der Waals surface area contributed by atoms with Gasteiger partial charge in [0.05, 0.1) is 5.69 Å². The van der Waals surface area contributed by atoms with Crippen LogP contribution in [0.5, 0.6) is 0 Å². The van der Waals surface area contributed by atoms with Crippen molar-refractivity contribution in [3.63, 3.8) is 0 Å². The molecule has 1 N–H and O–H groups in total. The van der Waals surface area contributed by atoms with E-state index in [2.05, 4.69) is 21.3 Å². The van der Waals surface area contributed by atoms with Crippen molar-refractivity contribution in [1.29, 1.82) is 0 Å². The van der Waals surface area contributed by atoms with Gasteiger partial charge in [0.25, 0.3) is 0 Å². The molecule has 1 unspecified atom stereocenters. The van der Waals surface area contributed by atoms with Gasteiger partial charge in [-0.05, 0) is 37.9 Å². The van der Waals surface area contributed by atoms with Gasteiger partial charge in [0.15, 0.2) is 0 Å². The van der Waals surface area contributed by atoms with Crippen molar-refractivity contribution in [2.75, 3.05) is 32.7 Å². The van der Waals surface area contributed by atoms with Crippen LogP contribution in [0.2, 0.25) is 0 Å². The minimum atomic E-state index is 0. The van der Waals surface area contributed by atoms with E-state index in [1.54, 1.807) is 0 Å². The number of amides is 1. The molecule has 3 rings (SSSR count). The fraction of sp³-hybridized carbons (Fsp3) is 0.647. The monoisotopic (exact) mass is 410 g/mol. The Morgan fingerprint density at radius 3 is 2.52 bits per heavy atom. The second kappa shape index (κ2) is 12.7. The number of hydrogen-bond acceptors (Lipinski definition) is 4. The van der Waals surface area contributed by atoms with E-state index >= 15 is 0 Å². The van der Waals surface area contributed by atoms with Crippen molar-refractivity contribution >= 4 is 43.1 Å². The predicted octanol–water partition coefficient (Wildman–Crippen LogP) is 2.52. The van der Waals surface area contributed by atoms with Crippen LogP contribution in [0.4, 0.5) is 0 Å². The molecule has 1 amide bonds. The highest BCUT2D eigenvalue weighted by molar-refractivity contribution is 5.86. The molecule has 8 heteroatoms. The summed E-state index contributed by atoms with van der Waals surface area (Å²) in [6.07, 6.45) is 6.01. The third-order valence-corrected chi connectivity index (χ3v) is 4.71. The SMILES string of the molecule is Cl.Cl.Cl.O=C(CCC1CCCN1)N1CCN(Cc2ccccn2)CC1. The summed E-state index contributed by atoms with van der Waals surface area (Å²) in [7, 11) is 0. The van der Waals surface area contributed by atoms with Gasteiger partial charge in [0.1, 0.15) is 0 Å². The Balaban J connectivity index is 0.00000192. The number of piperazine rings is 1. The molecule has 1 atom stereocenters. The summed E-state index contributed by atoms with van der Waals surface area (Å²) in [5.74, 6) is 0.325. The molecule has 0 bridgehead atoms. The highest BCUT2D eigenvalue weighted by atomic mass is 35.5. The molecular formula is C17H29Cl3N4O. The molecule has 0 spiro atoms. The van der Waals surface area contributed by atoms with E-state index in [9.17, 15) is 4.79 Å². The van der Waals surface area contributed by atoms with Gasteiger partial charge in [0, 0.05) is 51.4 Å². The Morgan fingerprint density at radius 2 is 1.92 bits per heavy atom. The van der Waals surface area contributed by atoms with Crippen LogP contribution in [0.1, 0.15) is 31.4 Å². The van der Waals surface area contributed by atoms with Crippen LogP contribution >= 0.6 is 37.2 Å². The Labute approximate surface area is 169 Å². The maximum absolute atomic E-state index is 12.3. The van der Waals surface area contributed by atoms with Gasteiger partial charge in [-0.2, -0.15) is 0 Å². The van der Waals surface area contributed by atoms with Crippen LogP contribution in [0.25, 0.3) is 0 Å². The van der Waals surface area contributed by atoms with Crippen molar-refractivity contribution in [3.05, 3.63) is 30.1 Å². The molecule has 25 heavy (non-hydrogen) atoms. The van der Waals surface area contributed by atoms with Crippen molar-refractivity contribution in [2.45, 2.75) is 38.3 Å². The van der Waals surface area contributed by atoms with Gasteiger partial charge in [-0.15, -0.1) is 37.2 Å². The Morgan fingerprint density at radius 1 is 1.16 bits per heavy atom. The minimum Gasteiger partial charge on any atom is -0.340 e. The number of hydrogen-bond donors (Lipinski definition) is 1. The number of carbonyl (C=O) groups is 1. The molecule has 2 fully saturated rings. The number of pyridine rings is 1. The third-order valence-electron chi connectivity index (χ3n) is 4.71. The molecule has 0 aliphatic carbocycles. The molecule has 2 aliphatic rings. The average molecular weight is 412 g/mol. The first-order valence-electron chi connectivity index (χ1n) is 8.45. The first-order valence-corrected chi connectivity index (χ1v) is 8.45. The molecule has 144 valence electrons. The maximum atomic E-state index is 12.3. The summed E-state index contributed by atoms with van der Waals surface area (Å²) in [4.78, 5) is 21.1. The summed E-state index contributed by atoms with van der Waals surface area (Å²) < 4.78 is 0. The maximum Gasteiger partial charge on any atom is 0.222 e. The molecule has 0 saturated carbocycles. The summed E-state index contributed by atoms with van der Waals surface area (Å²) in [5.41, 5.74) is 1.11. The van der Waals surface area contributed by atoms with Gasteiger partial charge >= 0.3 is 0 Å². The summed E-state index contributed by atoms with van der Waals surface area (Å²) in [5, 5.41) is 3.46. The van der Waals surface area contributed by atoms with Gasteiger partial charge in [0.2, 0.25) is 5.91 Å². The smallest absolute Gasteiger partial charge is 0.222 e. The number of aromatic nitrogens is 1. The third kappa shape index (κ3) is 7.67. The lowest BCUT2D eigenvalue weighted by Gasteiger charge is -2.34. The second-order valence-electron chi connectivity index (χ2n) is 6.31. The van der Waals surface area contributed by atoms with Gasteiger partial charge in [-0.25, -0.2) is 0 Å². The average Bonchev–Trinajstić information content (AvgIpc) is 3.08. The zero-order chi connectivity index (χ0) is 15.2. The number of carbonyl (C=O) groups excluding carboxylic acids is 1. The topological polar surface area (TPSA) is 48.5 Å². The fourth-order valence-electron chi connectivity index (χ4n) is 3.34. The second-order valence-corrected chi connectivity index (χ2v) is 6.31. The molecule has 0 radical (unpaired) electrons. The fourth-order valence-corrected chi connectivity index (χ4v) is 3.34. The van der Waals surface area contributed by atoms with E-state index in [4.69, 9.17) is 0 Å². The Hall–Kier alpha value is -0.590. The van der Waals surface area contributed by atoms with E-state index in [1.165, 1.54) is 12.8 Å². The molecule has 5 nitrogen and oxygen atoms in total. The van der Waals surface area contributed by atoms with Crippen molar-refractivity contribution in [1.82, 2.24) is 20.1 Å². The van der Waals surface area contributed by atoms with Crippen molar-refractivity contribution < 1.29 is 4.79 Å². The van der Waals surface area contributed by atoms with Crippen LogP contribution in [-0.4, -0.2) is 59.5 Å². The normalized spacial score (nSPS) is 20.2. The summed E-state index contributed by atoms with van der Waals surface area (Å²) in [6, 6.07) is 6.60. The zero-order valence-corrected chi connectivity index (χ0v) is 16.9. The number of rotatable bonds is 5. The lowest BCUT2D eigenvalue weighted by Crippen LogP contribution is -2.48. The summed E-state index contributed by atoms with van der Waals surface area (Å²) >= 11 is 0. The van der Waals surface area contributed by atoms with E-state index in [-0.39, 0.29) is 37.2 Å². The number of nitrogens with zero attached hydrogens (tertiary/aromatic N) is 3. The molecule has 1 aromatic rings. The lowest BCUT2D eigenvalue weighted by atomic mass is 10.1. The number of nitrogens with one attached hydrogen (secondary N) is 1. The standard InChI is InChI=1S/C17H26N4O.3ClH/c22-17(7-6-15-5-3-9-18-15)21-12-10-20(11-13-21)14-16-4-1-2-8-19-16;;;/h1-2,4,8,15,18H,3,5-7,9-14H2;3*1H. The van der Waals surface area contributed by atoms with E-state index in [0.29, 0.717) is 18.4 Å². The summed E-state index contributed by atoms with van der Waals surface area (Å²) in [6.45, 7) is 5.60. The van der Waals surface area contributed by atoms with E-state index in [0.717, 1.165) is 51.4 Å². The number of halogens is 3. The first kappa shape index (κ1) is 24.4. The molecule has 2 saturated heterocycles. The minimum absolute atomic E-state index is 0. The molecule has 3 heterocycles.